The van der Waals surface area contributed by atoms with Gasteiger partial charge in [-0.05, 0) is 55.5 Å². The van der Waals surface area contributed by atoms with Gasteiger partial charge in [0.15, 0.2) is 0 Å². The minimum absolute atomic E-state index is 1.19. The van der Waals surface area contributed by atoms with Crippen molar-refractivity contribution in [2.24, 2.45) is 0 Å². The van der Waals surface area contributed by atoms with Crippen molar-refractivity contribution < 1.29 is 0 Å². The molecule has 4 rings (SSSR count). The van der Waals surface area contributed by atoms with E-state index < -0.39 is 0 Å². The standard InChI is InChI=1S/C21H24S16/c1-22-10-11(23-2)31-18(30-10)20-34-14(26-5)16(36-20)28-8-7-9-29-17-15(27-6)35-21(37-17)19-32-12(24-3)13(25-4)33-19/h7-9H2,1-6H3. The summed E-state index contributed by atoms with van der Waals surface area (Å²) in [5, 5.41) is 0. The van der Waals surface area contributed by atoms with Gasteiger partial charge in [-0.25, -0.2) is 0 Å². The van der Waals surface area contributed by atoms with Crippen LogP contribution >= 0.6 is 188 Å². The van der Waals surface area contributed by atoms with Gasteiger partial charge < -0.3 is 0 Å². The molecule has 0 saturated heterocycles. The van der Waals surface area contributed by atoms with E-state index in [1.165, 1.54) is 68.8 Å². The van der Waals surface area contributed by atoms with Gasteiger partial charge in [-0.2, -0.15) is 0 Å². The normalized spacial score (nSPS) is 20.9. The Balaban J connectivity index is 1.25. The summed E-state index contributed by atoms with van der Waals surface area (Å²) < 4.78 is 17.7. The lowest BCUT2D eigenvalue weighted by atomic mass is 10.6. The fourth-order valence-electron chi connectivity index (χ4n) is 2.74. The lowest BCUT2D eigenvalue weighted by molar-refractivity contribution is 1.13. The van der Waals surface area contributed by atoms with Crippen molar-refractivity contribution in [3.8, 4) is 0 Å². The summed E-state index contributed by atoms with van der Waals surface area (Å²) in [6, 6.07) is 0. The van der Waals surface area contributed by atoms with Crippen molar-refractivity contribution in [1.29, 1.82) is 0 Å². The summed E-state index contributed by atoms with van der Waals surface area (Å²) >= 11 is 31.3. The van der Waals surface area contributed by atoms with E-state index in [1.54, 1.807) is 0 Å². The molecular formula is C21H24S16. The third kappa shape index (κ3) is 9.04. The van der Waals surface area contributed by atoms with Gasteiger partial charge >= 0.3 is 0 Å². The van der Waals surface area contributed by atoms with Crippen molar-refractivity contribution in [2.75, 3.05) is 49.0 Å². The van der Waals surface area contributed by atoms with E-state index in [0.29, 0.717) is 0 Å². The Bertz CT molecular complexity index is 958. The minimum atomic E-state index is 1.19. The summed E-state index contributed by atoms with van der Waals surface area (Å²) in [5.74, 6) is 2.37. The molecule has 204 valence electrons. The monoisotopic (exact) mass is 788 g/mol. The maximum atomic E-state index is 2.22. The topological polar surface area (TPSA) is 0 Å². The first-order chi connectivity index (χ1) is 18.0. The average molecular weight is 789 g/mol. The molecule has 0 amide bonds. The van der Waals surface area contributed by atoms with Gasteiger partial charge in [0, 0.05) is 0 Å². The third-order valence-electron chi connectivity index (χ3n) is 4.35. The van der Waals surface area contributed by atoms with Crippen molar-refractivity contribution in [2.45, 2.75) is 6.42 Å². The van der Waals surface area contributed by atoms with Gasteiger partial charge in [0.05, 0.1) is 50.8 Å². The molecule has 0 fully saturated rings. The van der Waals surface area contributed by atoms with E-state index in [0.717, 1.165) is 0 Å². The molecular weight excluding hydrogens is 765 g/mol. The molecule has 0 nitrogen and oxygen atoms in total. The van der Waals surface area contributed by atoms with Crippen molar-refractivity contribution in [3.63, 3.8) is 0 Å². The van der Waals surface area contributed by atoms with Gasteiger partial charge in [-0.15, -0.1) is 94.1 Å². The van der Waals surface area contributed by atoms with E-state index in [1.807, 2.05) is 165 Å². The minimum Gasteiger partial charge on any atom is -0.121 e. The summed E-state index contributed by atoms with van der Waals surface area (Å²) in [7, 11) is 0. The molecule has 0 unspecified atom stereocenters. The van der Waals surface area contributed by atoms with Crippen LogP contribution in [0.3, 0.4) is 0 Å². The third-order valence-corrected chi connectivity index (χ3v) is 26.8. The SMILES string of the molecule is CSC1=C(SC)SC(=C2SC(SC)=C(SCCCSC3=C(SC)SC(=C4SC(SC)=C(SC)S4)S3)S2)S1. The van der Waals surface area contributed by atoms with E-state index >= 15 is 0 Å². The highest BCUT2D eigenvalue weighted by molar-refractivity contribution is 8.46. The second kappa shape index (κ2) is 17.5. The Labute approximate surface area is 290 Å². The molecule has 0 aliphatic carbocycles. The van der Waals surface area contributed by atoms with Gasteiger partial charge in [0.1, 0.15) is 0 Å². The zero-order chi connectivity index (χ0) is 26.4. The molecule has 0 atom stereocenters. The van der Waals surface area contributed by atoms with Crippen LogP contribution in [0.15, 0.2) is 50.8 Å². The molecule has 0 aromatic heterocycles. The number of hydrogen-bond acceptors (Lipinski definition) is 16. The maximum absolute atomic E-state index is 2.22. The molecule has 0 aromatic carbocycles. The largest absolute Gasteiger partial charge is 0.121 e. The van der Waals surface area contributed by atoms with Gasteiger partial charge in [0.25, 0.3) is 0 Å². The Morgan fingerprint density at radius 1 is 0.351 bits per heavy atom. The molecule has 16 heteroatoms. The predicted octanol–water partition coefficient (Wildman–Crippen LogP) is 13.7. The van der Waals surface area contributed by atoms with E-state index in [2.05, 4.69) is 61.1 Å². The van der Waals surface area contributed by atoms with E-state index in [9.17, 15) is 0 Å². The first-order valence-electron chi connectivity index (χ1n) is 10.4. The zero-order valence-electron chi connectivity index (χ0n) is 20.7. The summed E-state index contributed by atoms with van der Waals surface area (Å²) in [6.45, 7) is 0. The van der Waals surface area contributed by atoms with Crippen molar-refractivity contribution in [3.05, 3.63) is 50.8 Å². The zero-order valence-corrected chi connectivity index (χ0v) is 33.7. The van der Waals surface area contributed by atoms with Crippen molar-refractivity contribution >= 4 is 188 Å². The van der Waals surface area contributed by atoms with E-state index in [-0.39, 0.29) is 0 Å². The molecule has 4 heterocycles. The Hall–Kier alpha value is 4.04. The maximum Gasteiger partial charge on any atom is 0.0717 e. The highest BCUT2D eigenvalue weighted by atomic mass is 32.3. The first-order valence-corrected chi connectivity index (χ1v) is 26.3. The number of thioether (sulfide) groups is 16. The van der Waals surface area contributed by atoms with Crippen LogP contribution in [0, 0.1) is 0 Å². The predicted molar refractivity (Wildman–Crippen MR) is 214 cm³/mol. The van der Waals surface area contributed by atoms with Crippen LogP contribution in [0.5, 0.6) is 0 Å². The molecule has 0 bridgehead atoms. The second-order valence-corrected chi connectivity index (χ2v) is 24.9. The quantitative estimate of drug-likeness (QED) is 0.172. The summed E-state index contributed by atoms with van der Waals surface area (Å²) in [5.41, 5.74) is 0. The molecule has 0 spiro atoms. The van der Waals surface area contributed by atoms with Crippen LogP contribution < -0.4 is 0 Å². The Morgan fingerprint density at radius 3 is 0.811 bits per heavy atom. The Kier molecular flexibility index (Phi) is 16.1. The molecule has 37 heavy (non-hydrogen) atoms. The van der Waals surface area contributed by atoms with Crippen LogP contribution in [-0.2, 0) is 0 Å². The van der Waals surface area contributed by atoms with Crippen LogP contribution in [0.2, 0.25) is 0 Å². The van der Waals surface area contributed by atoms with Crippen LogP contribution in [0.25, 0.3) is 0 Å². The fourth-order valence-corrected chi connectivity index (χ4v) is 24.4. The average Bonchev–Trinajstić information content (AvgIpc) is 3.71. The second-order valence-electron chi connectivity index (χ2n) is 6.54. The Morgan fingerprint density at radius 2 is 0.568 bits per heavy atom. The highest BCUT2D eigenvalue weighted by Gasteiger charge is 2.31. The van der Waals surface area contributed by atoms with Gasteiger partial charge in [0.2, 0.25) is 0 Å². The summed E-state index contributed by atoms with van der Waals surface area (Å²) in [6.07, 6.45) is 14.4. The van der Waals surface area contributed by atoms with E-state index in [4.69, 9.17) is 0 Å². The molecule has 0 radical (unpaired) electrons. The number of hydrogen-bond donors (Lipinski definition) is 0. The lowest BCUT2D eigenvalue weighted by Gasteiger charge is -2.05. The van der Waals surface area contributed by atoms with Gasteiger partial charge in [-0.1, -0.05) is 94.1 Å². The summed E-state index contributed by atoms with van der Waals surface area (Å²) in [4.78, 5) is 0. The van der Waals surface area contributed by atoms with Gasteiger partial charge in [-0.3, -0.25) is 0 Å². The molecule has 4 aliphatic rings. The highest BCUT2D eigenvalue weighted by Crippen LogP contribution is 2.67. The fraction of sp³-hybridized carbons (Fsp3) is 0.429. The molecule has 0 saturated carbocycles. The lowest BCUT2D eigenvalue weighted by Crippen LogP contribution is -1.84. The van der Waals surface area contributed by atoms with Crippen LogP contribution in [0.4, 0.5) is 0 Å². The van der Waals surface area contributed by atoms with Crippen LogP contribution in [-0.4, -0.2) is 49.0 Å². The first kappa shape index (κ1) is 33.9. The molecule has 4 aliphatic heterocycles. The molecule has 0 N–H and O–H groups in total. The number of rotatable bonds is 12. The smallest absolute Gasteiger partial charge is 0.0717 e. The van der Waals surface area contributed by atoms with Crippen molar-refractivity contribution in [1.82, 2.24) is 0 Å². The van der Waals surface area contributed by atoms with Crippen LogP contribution in [0.1, 0.15) is 6.42 Å². The molecule has 0 aromatic rings.